The Morgan fingerprint density at radius 2 is 1.95 bits per heavy atom. The minimum absolute atomic E-state index is 0. The molecule has 1 rings (SSSR count). The fourth-order valence-electron chi connectivity index (χ4n) is 2.73. The van der Waals surface area contributed by atoms with Gasteiger partial charge in [0.25, 0.3) is 0 Å². The lowest BCUT2D eigenvalue weighted by molar-refractivity contribution is -0.146. The van der Waals surface area contributed by atoms with Crippen molar-refractivity contribution in [3.05, 3.63) is 0 Å². The molecule has 2 atom stereocenters. The SMILES string of the molecule is CCC(=O)N1CCCCC1C(=O)N(C)CCC(N)C(C)C.Cl. The number of piperidine rings is 1. The number of halogens is 1. The Morgan fingerprint density at radius 1 is 1.32 bits per heavy atom. The molecule has 2 N–H and O–H groups in total. The van der Waals surface area contributed by atoms with Crippen molar-refractivity contribution in [3.63, 3.8) is 0 Å². The van der Waals surface area contributed by atoms with Gasteiger partial charge in [0, 0.05) is 32.6 Å². The van der Waals surface area contributed by atoms with E-state index in [0.717, 1.165) is 25.7 Å². The van der Waals surface area contributed by atoms with Crippen LogP contribution in [0.15, 0.2) is 0 Å². The fraction of sp³-hybridized carbons (Fsp3) is 0.875. The highest BCUT2D eigenvalue weighted by atomic mass is 35.5. The number of carbonyl (C=O) groups excluding carboxylic acids is 2. The maximum Gasteiger partial charge on any atom is 0.245 e. The summed E-state index contributed by atoms with van der Waals surface area (Å²) in [7, 11) is 1.82. The molecule has 2 amide bonds. The summed E-state index contributed by atoms with van der Waals surface area (Å²) < 4.78 is 0. The van der Waals surface area contributed by atoms with Crippen LogP contribution < -0.4 is 5.73 Å². The Bertz CT molecular complexity index is 363. The van der Waals surface area contributed by atoms with Crippen molar-refractivity contribution in [1.29, 1.82) is 0 Å². The van der Waals surface area contributed by atoms with Gasteiger partial charge in [-0.15, -0.1) is 12.4 Å². The molecule has 6 heteroatoms. The van der Waals surface area contributed by atoms with E-state index >= 15 is 0 Å². The largest absolute Gasteiger partial charge is 0.344 e. The maximum absolute atomic E-state index is 12.6. The molecule has 0 bridgehead atoms. The molecule has 1 aliphatic heterocycles. The van der Waals surface area contributed by atoms with Crippen molar-refractivity contribution in [3.8, 4) is 0 Å². The molecule has 0 aromatic heterocycles. The molecule has 1 fully saturated rings. The van der Waals surface area contributed by atoms with Crippen LogP contribution >= 0.6 is 12.4 Å². The third-order valence-corrected chi connectivity index (χ3v) is 4.44. The number of carbonyl (C=O) groups is 2. The summed E-state index contributed by atoms with van der Waals surface area (Å²) in [6.45, 7) is 7.40. The first-order valence-electron chi connectivity index (χ1n) is 8.18. The van der Waals surface area contributed by atoms with E-state index in [9.17, 15) is 9.59 Å². The highest BCUT2D eigenvalue weighted by Crippen LogP contribution is 2.20. The molecular weight excluding hydrogens is 302 g/mol. The summed E-state index contributed by atoms with van der Waals surface area (Å²) in [6.07, 6.45) is 4.06. The summed E-state index contributed by atoms with van der Waals surface area (Å²) in [6, 6.07) is -0.161. The third-order valence-electron chi connectivity index (χ3n) is 4.44. The van der Waals surface area contributed by atoms with E-state index in [2.05, 4.69) is 13.8 Å². The first-order chi connectivity index (χ1) is 9.88. The standard InChI is InChI=1S/C16H31N3O2.ClH/c1-5-15(20)19-10-7-6-8-14(19)16(21)18(4)11-9-13(17)12(2)3;/h12-14H,5-11,17H2,1-4H3;1H. The zero-order chi connectivity index (χ0) is 16.0. The van der Waals surface area contributed by atoms with E-state index in [-0.39, 0.29) is 36.3 Å². The van der Waals surface area contributed by atoms with Crippen molar-refractivity contribution >= 4 is 24.2 Å². The lowest BCUT2D eigenvalue weighted by Crippen LogP contribution is -2.52. The molecule has 0 aliphatic carbocycles. The van der Waals surface area contributed by atoms with E-state index in [4.69, 9.17) is 5.73 Å². The number of likely N-dealkylation sites (N-methyl/N-ethyl adjacent to an activating group) is 1. The quantitative estimate of drug-likeness (QED) is 0.808. The van der Waals surface area contributed by atoms with E-state index in [0.29, 0.717) is 25.4 Å². The molecule has 22 heavy (non-hydrogen) atoms. The molecular formula is C16H32ClN3O2. The minimum Gasteiger partial charge on any atom is -0.344 e. The molecule has 130 valence electrons. The van der Waals surface area contributed by atoms with Gasteiger partial charge in [0.15, 0.2) is 0 Å². The number of amides is 2. The smallest absolute Gasteiger partial charge is 0.245 e. The molecule has 1 aliphatic rings. The Hall–Kier alpha value is -0.810. The van der Waals surface area contributed by atoms with Crippen LogP contribution in [0.4, 0.5) is 0 Å². The minimum atomic E-state index is -0.272. The average molecular weight is 334 g/mol. The number of hydrogen-bond donors (Lipinski definition) is 1. The van der Waals surface area contributed by atoms with Gasteiger partial charge < -0.3 is 15.5 Å². The molecule has 5 nitrogen and oxygen atoms in total. The van der Waals surface area contributed by atoms with E-state index in [1.165, 1.54) is 0 Å². The molecule has 0 aromatic carbocycles. The predicted octanol–water partition coefficient (Wildman–Crippen LogP) is 2.03. The van der Waals surface area contributed by atoms with Crippen molar-refractivity contribution < 1.29 is 9.59 Å². The second kappa shape index (κ2) is 10.1. The van der Waals surface area contributed by atoms with Gasteiger partial charge >= 0.3 is 0 Å². The number of hydrogen-bond acceptors (Lipinski definition) is 3. The van der Waals surface area contributed by atoms with Crippen molar-refractivity contribution in [1.82, 2.24) is 9.80 Å². The summed E-state index contributed by atoms with van der Waals surface area (Å²) in [5.74, 6) is 0.564. The van der Waals surface area contributed by atoms with Crippen LogP contribution in [0, 0.1) is 5.92 Å². The number of likely N-dealkylation sites (tertiary alicyclic amines) is 1. The van der Waals surface area contributed by atoms with Crippen molar-refractivity contribution in [2.45, 2.75) is 65.0 Å². The summed E-state index contributed by atoms with van der Waals surface area (Å²) in [5, 5.41) is 0. The highest BCUT2D eigenvalue weighted by molar-refractivity contribution is 5.87. The van der Waals surface area contributed by atoms with Gasteiger partial charge in [-0.3, -0.25) is 9.59 Å². The number of nitrogens with zero attached hydrogens (tertiary/aromatic N) is 2. The van der Waals surface area contributed by atoms with E-state index in [1.54, 1.807) is 9.80 Å². The summed E-state index contributed by atoms with van der Waals surface area (Å²) >= 11 is 0. The van der Waals surface area contributed by atoms with Crippen molar-refractivity contribution in [2.24, 2.45) is 11.7 Å². The van der Waals surface area contributed by atoms with Crippen LogP contribution in [0.25, 0.3) is 0 Å². The Morgan fingerprint density at radius 3 is 2.50 bits per heavy atom. The second-order valence-corrected chi connectivity index (χ2v) is 6.41. The van der Waals surface area contributed by atoms with E-state index < -0.39 is 0 Å². The molecule has 0 saturated carbocycles. The van der Waals surface area contributed by atoms with Crippen LogP contribution in [0.3, 0.4) is 0 Å². The lowest BCUT2D eigenvalue weighted by Gasteiger charge is -2.37. The normalized spacial score (nSPS) is 19.5. The van der Waals surface area contributed by atoms with Gasteiger partial charge in [-0.2, -0.15) is 0 Å². The van der Waals surface area contributed by atoms with E-state index in [1.807, 2.05) is 14.0 Å². The summed E-state index contributed by atoms with van der Waals surface area (Å²) in [5.41, 5.74) is 6.04. The third kappa shape index (κ3) is 5.76. The van der Waals surface area contributed by atoms with Gasteiger partial charge in [-0.1, -0.05) is 20.8 Å². The Balaban J connectivity index is 0.00000441. The molecule has 0 aromatic rings. The lowest BCUT2D eigenvalue weighted by atomic mass is 9.99. The van der Waals surface area contributed by atoms with Crippen LogP contribution in [0.5, 0.6) is 0 Å². The van der Waals surface area contributed by atoms with Crippen LogP contribution in [0.2, 0.25) is 0 Å². The number of nitrogens with two attached hydrogens (primary N) is 1. The molecule has 0 spiro atoms. The van der Waals surface area contributed by atoms with Crippen LogP contribution in [-0.4, -0.2) is 53.8 Å². The van der Waals surface area contributed by atoms with Crippen molar-refractivity contribution in [2.75, 3.05) is 20.1 Å². The highest BCUT2D eigenvalue weighted by Gasteiger charge is 2.33. The number of rotatable bonds is 6. The molecule has 0 radical (unpaired) electrons. The average Bonchev–Trinajstić information content (AvgIpc) is 2.50. The van der Waals surface area contributed by atoms with Gasteiger partial charge in [0.2, 0.25) is 11.8 Å². The van der Waals surface area contributed by atoms with Crippen LogP contribution in [-0.2, 0) is 9.59 Å². The predicted molar refractivity (Wildman–Crippen MR) is 92.0 cm³/mol. The molecule has 1 saturated heterocycles. The monoisotopic (exact) mass is 333 g/mol. The summed E-state index contributed by atoms with van der Waals surface area (Å²) in [4.78, 5) is 28.1. The fourth-order valence-corrected chi connectivity index (χ4v) is 2.73. The Labute approximate surface area is 141 Å². The Kier molecular flexibility index (Phi) is 9.69. The van der Waals surface area contributed by atoms with Gasteiger partial charge in [0.05, 0.1) is 0 Å². The first kappa shape index (κ1) is 21.2. The van der Waals surface area contributed by atoms with Gasteiger partial charge in [-0.05, 0) is 31.6 Å². The molecule has 1 heterocycles. The zero-order valence-electron chi connectivity index (χ0n) is 14.4. The van der Waals surface area contributed by atoms with Crippen LogP contribution in [0.1, 0.15) is 52.9 Å². The molecule has 2 unspecified atom stereocenters. The van der Waals surface area contributed by atoms with Gasteiger partial charge in [0.1, 0.15) is 6.04 Å². The second-order valence-electron chi connectivity index (χ2n) is 6.41. The first-order valence-corrected chi connectivity index (χ1v) is 8.18. The maximum atomic E-state index is 12.6. The topological polar surface area (TPSA) is 66.6 Å². The van der Waals surface area contributed by atoms with Gasteiger partial charge in [-0.25, -0.2) is 0 Å². The zero-order valence-corrected chi connectivity index (χ0v) is 15.2.